The van der Waals surface area contributed by atoms with Gasteiger partial charge in [-0.25, -0.2) is 15.0 Å². The molecule has 2 aromatic heterocycles. The number of aliphatic hydroxyl groups excluding tert-OH is 2. The van der Waals surface area contributed by atoms with Gasteiger partial charge in [-0.05, 0) is 103 Å². The van der Waals surface area contributed by atoms with Crippen molar-refractivity contribution in [2.75, 3.05) is 5.73 Å². The Kier molecular flexibility index (Phi) is 7.14. The van der Waals surface area contributed by atoms with Gasteiger partial charge in [0.15, 0.2) is 11.5 Å². The zero-order valence-electron chi connectivity index (χ0n) is 27.7. The molecule has 0 saturated heterocycles. The molecular weight excluding hydrogens is 554 g/mol. The van der Waals surface area contributed by atoms with Crippen LogP contribution in [0.15, 0.2) is 24.3 Å². The summed E-state index contributed by atoms with van der Waals surface area (Å²) >= 11 is 0. The summed E-state index contributed by atoms with van der Waals surface area (Å²) in [5.74, 6) is 0.522. The molecular formula is C35H53N5O4. The van der Waals surface area contributed by atoms with E-state index in [0.29, 0.717) is 41.7 Å². The van der Waals surface area contributed by atoms with Crippen LogP contribution in [0.4, 0.5) is 5.82 Å². The summed E-state index contributed by atoms with van der Waals surface area (Å²) in [5.41, 5.74) is 7.07. The number of nitrogen functional groups attached to an aromatic ring is 1. The fourth-order valence-electron chi connectivity index (χ4n) is 11.5. The van der Waals surface area contributed by atoms with Crippen LogP contribution in [0.3, 0.4) is 0 Å². The maximum atomic E-state index is 12.8. The SMILES string of the molecule is CC1(C)CCC2(C(=O)O)C(O)CC3(C)C(=CCC4C5(C)CCC(O)C(C)(C)C5CCC43C)C2C1.Nc1ncnc2nc[nH]c12. The number of rotatable bonds is 1. The van der Waals surface area contributed by atoms with E-state index in [1.165, 1.54) is 18.2 Å². The third-order valence-electron chi connectivity index (χ3n) is 14.3. The van der Waals surface area contributed by atoms with Crippen LogP contribution >= 0.6 is 0 Å². The van der Waals surface area contributed by atoms with Crippen molar-refractivity contribution in [3.63, 3.8) is 0 Å². The van der Waals surface area contributed by atoms with Crippen molar-refractivity contribution in [2.45, 2.75) is 118 Å². The molecule has 9 unspecified atom stereocenters. The van der Waals surface area contributed by atoms with Crippen LogP contribution in [-0.4, -0.2) is 53.4 Å². The second-order valence-electron chi connectivity index (χ2n) is 17.0. The lowest BCUT2D eigenvalue weighted by molar-refractivity contribution is -0.218. The zero-order valence-corrected chi connectivity index (χ0v) is 27.7. The Labute approximate surface area is 261 Å². The first-order valence-corrected chi connectivity index (χ1v) is 16.6. The van der Waals surface area contributed by atoms with E-state index in [1.54, 1.807) is 0 Å². The molecule has 4 saturated carbocycles. The average Bonchev–Trinajstić information content (AvgIpc) is 3.42. The molecule has 9 heteroatoms. The molecule has 44 heavy (non-hydrogen) atoms. The number of nitrogens with zero attached hydrogens (tertiary/aromatic N) is 3. The summed E-state index contributed by atoms with van der Waals surface area (Å²) < 4.78 is 0. The molecule has 7 rings (SSSR count). The van der Waals surface area contributed by atoms with Crippen LogP contribution in [0.5, 0.6) is 0 Å². The molecule has 242 valence electrons. The Morgan fingerprint density at radius 3 is 2.32 bits per heavy atom. The number of aliphatic carboxylic acids is 1. The van der Waals surface area contributed by atoms with Gasteiger partial charge in [-0.2, -0.15) is 0 Å². The van der Waals surface area contributed by atoms with Crippen LogP contribution in [0.1, 0.15) is 106 Å². The predicted molar refractivity (Wildman–Crippen MR) is 170 cm³/mol. The normalized spacial score (nSPS) is 43.7. The topological polar surface area (TPSA) is 158 Å². The lowest BCUT2D eigenvalue weighted by atomic mass is 9.33. The van der Waals surface area contributed by atoms with Gasteiger partial charge in [0.25, 0.3) is 0 Å². The molecule has 6 N–H and O–H groups in total. The molecule has 4 fully saturated rings. The minimum absolute atomic E-state index is 0.0218. The largest absolute Gasteiger partial charge is 0.481 e. The maximum Gasteiger partial charge on any atom is 0.312 e. The first-order valence-electron chi connectivity index (χ1n) is 16.6. The Hall–Kier alpha value is -2.52. The van der Waals surface area contributed by atoms with Crippen molar-refractivity contribution in [1.29, 1.82) is 0 Å². The lowest BCUT2D eigenvalue weighted by Gasteiger charge is -2.71. The van der Waals surface area contributed by atoms with E-state index >= 15 is 0 Å². The number of imidazole rings is 1. The number of hydrogen-bond acceptors (Lipinski definition) is 7. The summed E-state index contributed by atoms with van der Waals surface area (Å²) in [4.78, 5) is 27.2. The smallest absolute Gasteiger partial charge is 0.312 e. The second-order valence-corrected chi connectivity index (χ2v) is 17.0. The van der Waals surface area contributed by atoms with Gasteiger partial charge in [0.1, 0.15) is 17.3 Å². The van der Waals surface area contributed by atoms with Crippen molar-refractivity contribution < 1.29 is 20.1 Å². The van der Waals surface area contributed by atoms with Crippen molar-refractivity contribution in [3.8, 4) is 0 Å². The summed E-state index contributed by atoms with van der Waals surface area (Å²) in [6.07, 6.45) is 12.3. The number of fused-ring (bicyclic) bond motifs is 8. The number of H-pyrrole nitrogens is 1. The van der Waals surface area contributed by atoms with E-state index in [9.17, 15) is 20.1 Å². The summed E-state index contributed by atoms with van der Waals surface area (Å²) in [7, 11) is 0. The number of carboxylic acid groups (broad SMARTS) is 1. The van der Waals surface area contributed by atoms with Crippen molar-refractivity contribution >= 4 is 23.0 Å². The molecule has 2 heterocycles. The Bertz CT molecular complexity index is 1480. The number of aromatic amines is 1. The minimum atomic E-state index is -1.04. The van der Waals surface area contributed by atoms with Gasteiger partial charge < -0.3 is 26.0 Å². The molecule has 0 aliphatic heterocycles. The molecule has 0 bridgehead atoms. The standard InChI is InChI=1S/C30H48O4.C5H5N5/c1-25(2)14-15-30(24(33)34)19(16-25)18-8-9-21-27(5)12-11-22(31)26(3,4)20(27)10-13-28(21,6)29(18,7)17-23(30)32;6-4-3-5(9-1-7-3)10-2-8-4/h8,19-23,31-32H,9-17H2,1-7H3,(H,33,34);1-2H,(H3,6,7,8,9,10). The molecule has 0 radical (unpaired) electrons. The average molecular weight is 608 g/mol. The van der Waals surface area contributed by atoms with Crippen LogP contribution in [0.2, 0.25) is 0 Å². The van der Waals surface area contributed by atoms with Gasteiger partial charge in [0, 0.05) is 0 Å². The molecule has 5 aliphatic rings. The van der Waals surface area contributed by atoms with E-state index < -0.39 is 17.5 Å². The van der Waals surface area contributed by atoms with Crippen molar-refractivity contribution in [1.82, 2.24) is 19.9 Å². The number of nitrogens with one attached hydrogen (secondary N) is 1. The quantitative estimate of drug-likeness (QED) is 0.242. The Morgan fingerprint density at radius 1 is 0.909 bits per heavy atom. The van der Waals surface area contributed by atoms with Crippen molar-refractivity contribution in [3.05, 3.63) is 24.3 Å². The van der Waals surface area contributed by atoms with Gasteiger partial charge in [0.05, 0.1) is 18.5 Å². The van der Waals surface area contributed by atoms with E-state index in [-0.39, 0.29) is 39.1 Å². The number of aromatic nitrogens is 4. The van der Waals surface area contributed by atoms with Gasteiger partial charge in [0.2, 0.25) is 0 Å². The molecule has 2 aromatic rings. The number of anilines is 1. The number of aliphatic hydroxyl groups is 2. The van der Waals surface area contributed by atoms with Crippen LogP contribution in [0, 0.1) is 50.2 Å². The van der Waals surface area contributed by atoms with E-state index in [0.717, 1.165) is 44.9 Å². The maximum absolute atomic E-state index is 12.8. The highest BCUT2D eigenvalue weighted by molar-refractivity contribution is 5.80. The highest BCUT2D eigenvalue weighted by Gasteiger charge is 2.71. The second kappa shape index (κ2) is 9.99. The predicted octanol–water partition coefficient (Wildman–Crippen LogP) is 6.14. The van der Waals surface area contributed by atoms with E-state index in [4.69, 9.17) is 5.73 Å². The van der Waals surface area contributed by atoms with E-state index in [1.807, 2.05) is 0 Å². The van der Waals surface area contributed by atoms with Gasteiger partial charge in [-0.3, -0.25) is 4.79 Å². The molecule has 0 spiro atoms. The lowest BCUT2D eigenvalue weighted by Crippen LogP contribution is -2.67. The monoisotopic (exact) mass is 607 g/mol. The number of allylic oxidation sites excluding steroid dienone is 2. The third kappa shape index (κ3) is 4.16. The van der Waals surface area contributed by atoms with Crippen LogP contribution in [0.25, 0.3) is 11.2 Å². The minimum Gasteiger partial charge on any atom is -0.481 e. The molecule has 0 aromatic carbocycles. The summed E-state index contributed by atoms with van der Waals surface area (Å²) in [6, 6.07) is 0. The first kappa shape index (κ1) is 31.5. The third-order valence-corrected chi connectivity index (χ3v) is 14.3. The molecule has 5 aliphatic carbocycles. The van der Waals surface area contributed by atoms with Gasteiger partial charge in [-0.15, -0.1) is 0 Å². The highest BCUT2D eigenvalue weighted by atomic mass is 16.4. The van der Waals surface area contributed by atoms with Gasteiger partial charge >= 0.3 is 5.97 Å². The first-order chi connectivity index (χ1) is 20.4. The number of hydrogen-bond donors (Lipinski definition) is 5. The Balaban J connectivity index is 0.000000289. The molecule has 9 atom stereocenters. The van der Waals surface area contributed by atoms with E-state index in [2.05, 4.69) is 74.5 Å². The molecule has 9 nitrogen and oxygen atoms in total. The zero-order chi connectivity index (χ0) is 32.1. The van der Waals surface area contributed by atoms with Crippen LogP contribution in [-0.2, 0) is 4.79 Å². The number of carboxylic acids is 1. The molecule has 0 amide bonds. The number of nitrogens with two attached hydrogens (primary N) is 1. The fourth-order valence-corrected chi connectivity index (χ4v) is 11.5. The summed E-state index contributed by atoms with van der Waals surface area (Å²) in [5, 5.41) is 33.1. The fraction of sp³-hybridized carbons (Fsp3) is 0.771. The highest BCUT2D eigenvalue weighted by Crippen LogP contribution is 2.75. The Morgan fingerprint density at radius 2 is 1.64 bits per heavy atom. The van der Waals surface area contributed by atoms with Gasteiger partial charge in [-0.1, -0.05) is 60.1 Å². The van der Waals surface area contributed by atoms with Crippen molar-refractivity contribution in [2.24, 2.45) is 50.2 Å². The van der Waals surface area contributed by atoms with Crippen LogP contribution < -0.4 is 5.73 Å². The summed E-state index contributed by atoms with van der Waals surface area (Å²) in [6.45, 7) is 16.4. The number of carbonyl (C=O) groups is 1.